The number of hydrogen-bond donors (Lipinski definition) is 1. The monoisotopic (exact) mass is 425 g/mol. The van der Waals surface area contributed by atoms with E-state index in [0.29, 0.717) is 24.5 Å². The van der Waals surface area contributed by atoms with Crippen molar-refractivity contribution < 1.29 is 4.79 Å². The van der Waals surface area contributed by atoms with Crippen molar-refractivity contribution in [2.75, 3.05) is 0 Å². The van der Waals surface area contributed by atoms with Gasteiger partial charge in [0.25, 0.3) is 5.91 Å². The Hall–Kier alpha value is -3.41. The van der Waals surface area contributed by atoms with E-state index in [4.69, 9.17) is 0 Å². The van der Waals surface area contributed by atoms with Gasteiger partial charge in [0.2, 0.25) is 0 Å². The van der Waals surface area contributed by atoms with Crippen LogP contribution in [0.15, 0.2) is 67.3 Å². The molecule has 2 bridgehead atoms. The number of amides is 1. The predicted octanol–water partition coefficient (Wildman–Crippen LogP) is 4.43. The molecule has 0 saturated carbocycles. The average molecular weight is 426 g/mol. The second kappa shape index (κ2) is 7.93. The van der Waals surface area contributed by atoms with E-state index >= 15 is 0 Å². The van der Waals surface area contributed by atoms with Gasteiger partial charge in [0.05, 0.1) is 6.54 Å². The fourth-order valence-corrected chi connectivity index (χ4v) is 5.79. The van der Waals surface area contributed by atoms with Crippen LogP contribution in [-0.2, 0) is 13.0 Å². The fourth-order valence-electron chi connectivity index (χ4n) is 5.79. The Morgan fingerprint density at radius 3 is 2.75 bits per heavy atom. The maximum absolute atomic E-state index is 13.7. The number of rotatable bonds is 5. The Balaban J connectivity index is 1.19. The van der Waals surface area contributed by atoms with Gasteiger partial charge in [-0.15, -0.1) is 0 Å². The Morgan fingerprint density at radius 1 is 1.09 bits per heavy atom. The molecule has 0 radical (unpaired) electrons. The van der Waals surface area contributed by atoms with Crippen molar-refractivity contribution in [2.45, 2.75) is 50.7 Å². The lowest BCUT2D eigenvalue weighted by Crippen LogP contribution is -2.47. The third kappa shape index (κ3) is 3.49. The number of fused-ring (bicyclic) bond motifs is 3. The second-order valence-electron chi connectivity index (χ2n) is 9.26. The number of carbonyl (C=O) groups is 1. The minimum absolute atomic E-state index is 0.189. The van der Waals surface area contributed by atoms with Crippen molar-refractivity contribution in [1.82, 2.24) is 24.6 Å². The van der Waals surface area contributed by atoms with Gasteiger partial charge in [-0.3, -0.25) is 9.48 Å². The zero-order chi connectivity index (χ0) is 21.5. The zero-order valence-corrected chi connectivity index (χ0v) is 18.0. The normalized spacial score (nSPS) is 22.5. The fraction of sp³-hybridized carbons (Fsp3) is 0.346. The molecule has 3 aromatic heterocycles. The number of benzene rings is 1. The highest BCUT2D eigenvalue weighted by atomic mass is 16.2. The highest BCUT2D eigenvalue weighted by Gasteiger charge is 2.43. The van der Waals surface area contributed by atoms with Gasteiger partial charge in [-0.2, -0.15) is 5.10 Å². The van der Waals surface area contributed by atoms with Crippen LogP contribution in [0.2, 0.25) is 0 Å². The predicted molar refractivity (Wildman–Crippen MR) is 123 cm³/mol. The third-order valence-electron chi connectivity index (χ3n) is 7.19. The van der Waals surface area contributed by atoms with Crippen molar-refractivity contribution in [3.63, 3.8) is 0 Å². The lowest BCUT2D eigenvalue weighted by atomic mass is 9.85. The molecule has 6 nitrogen and oxygen atoms in total. The average Bonchev–Trinajstić information content (AvgIpc) is 3.54. The maximum atomic E-state index is 13.7. The molecule has 32 heavy (non-hydrogen) atoms. The topological polar surface area (TPSA) is 66.8 Å². The number of hydrogen-bond acceptors (Lipinski definition) is 3. The number of nitrogens with one attached hydrogen (secondary N) is 1. The highest BCUT2D eigenvalue weighted by Crippen LogP contribution is 2.41. The Labute approximate surface area is 187 Å². The Bertz CT molecular complexity index is 1230. The molecule has 2 unspecified atom stereocenters. The molecule has 1 amide bonds. The first-order valence-corrected chi connectivity index (χ1v) is 11.5. The summed E-state index contributed by atoms with van der Waals surface area (Å²) in [5.41, 5.74) is 4.10. The van der Waals surface area contributed by atoms with Gasteiger partial charge in [0.1, 0.15) is 5.65 Å². The summed E-state index contributed by atoms with van der Waals surface area (Å²) in [4.78, 5) is 23.6. The summed E-state index contributed by atoms with van der Waals surface area (Å²) in [6.45, 7) is 0.620. The quantitative estimate of drug-likeness (QED) is 0.514. The molecular formula is C26H27N5O. The molecule has 2 aliphatic rings. The summed E-state index contributed by atoms with van der Waals surface area (Å²) in [5.74, 6) is 0.795. The summed E-state index contributed by atoms with van der Waals surface area (Å²) in [6, 6.07) is 14.9. The van der Waals surface area contributed by atoms with Crippen molar-refractivity contribution >= 4 is 16.9 Å². The van der Waals surface area contributed by atoms with E-state index < -0.39 is 0 Å². The van der Waals surface area contributed by atoms with Crippen LogP contribution in [0.1, 0.15) is 47.2 Å². The van der Waals surface area contributed by atoms with Crippen LogP contribution in [0, 0.1) is 5.92 Å². The van der Waals surface area contributed by atoms with Crippen LogP contribution in [0.25, 0.3) is 11.0 Å². The van der Waals surface area contributed by atoms with Crippen LogP contribution < -0.4 is 0 Å². The Kier molecular flexibility index (Phi) is 4.78. The molecule has 6 rings (SSSR count). The minimum atomic E-state index is 0.189. The molecule has 1 aromatic carbocycles. The van der Waals surface area contributed by atoms with Crippen molar-refractivity contribution in [1.29, 1.82) is 0 Å². The van der Waals surface area contributed by atoms with E-state index in [9.17, 15) is 4.79 Å². The van der Waals surface area contributed by atoms with E-state index in [2.05, 4.69) is 32.1 Å². The third-order valence-corrected chi connectivity index (χ3v) is 7.19. The number of piperidine rings is 1. The van der Waals surface area contributed by atoms with Crippen LogP contribution in [-0.4, -0.2) is 42.6 Å². The van der Waals surface area contributed by atoms with Gasteiger partial charge in [-0.05, 0) is 73.4 Å². The molecule has 2 aliphatic heterocycles. The summed E-state index contributed by atoms with van der Waals surface area (Å²) in [7, 11) is 0. The molecule has 0 spiro atoms. The summed E-state index contributed by atoms with van der Waals surface area (Å²) >= 11 is 0. The lowest BCUT2D eigenvalue weighted by molar-refractivity contribution is 0.0523. The molecule has 2 fully saturated rings. The second-order valence-corrected chi connectivity index (χ2v) is 9.26. The summed E-state index contributed by atoms with van der Waals surface area (Å²) in [5, 5.41) is 5.49. The molecule has 2 atom stereocenters. The van der Waals surface area contributed by atoms with Gasteiger partial charge >= 0.3 is 0 Å². The maximum Gasteiger partial charge on any atom is 0.254 e. The van der Waals surface area contributed by atoms with Crippen molar-refractivity contribution in [3.05, 3.63) is 83.9 Å². The largest absolute Gasteiger partial charge is 0.346 e. The lowest BCUT2D eigenvalue weighted by Gasteiger charge is -2.39. The van der Waals surface area contributed by atoms with Gasteiger partial charge < -0.3 is 9.88 Å². The number of aromatic nitrogens is 4. The zero-order valence-electron chi connectivity index (χ0n) is 18.0. The molecular weight excluding hydrogens is 398 g/mol. The molecule has 0 aliphatic carbocycles. The smallest absolute Gasteiger partial charge is 0.254 e. The van der Waals surface area contributed by atoms with Gasteiger partial charge in [0, 0.05) is 47.8 Å². The number of aromatic amines is 1. The molecule has 2 saturated heterocycles. The Morgan fingerprint density at radius 2 is 1.94 bits per heavy atom. The van der Waals surface area contributed by atoms with Gasteiger partial charge in [-0.1, -0.05) is 18.2 Å². The van der Waals surface area contributed by atoms with E-state index in [1.807, 2.05) is 53.6 Å². The SMILES string of the molecule is O=C(c1ccccc1Cn1cccn1)N1C2CCC1CC(Cc1cnc3[nH]ccc3c1)C2. The van der Waals surface area contributed by atoms with Gasteiger partial charge in [0.15, 0.2) is 0 Å². The van der Waals surface area contributed by atoms with Crippen LogP contribution in [0.4, 0.5) is 0 Å². The van der Waals surface area contributed by atoms with E-state index in [1.165, 1.54) is 10.9 Å². The first-order chi connectivity index (χ1) is 15.7. The van der Waals surface area contributed by atoms with Crippen LogP contribution in [0.5, 0.6) is 0 Å². The first-order valence-electron chi connectivity index (χ1n) is 11.5. The summed E-state index contributed by atoms with van der Waals surface area (Å²) < 4.78 is 1.88. The van der Waals surface area contributed by atoms with Crippen LogP contribution >= 0.6 is 0 Å². The standard InChI is InChI=1S/C26H27N5O/c32-26(24-5-2-1-4-21(24)17-30-11-3-9-29-30)31-22-6-7-23(31)15-18(14-22)12-19-13-20-8-10-27-25(20)28-16-19/h1-5,8-11,13,16,18,22-23H,6-7,12,14-15,17H2,(H,27,28). The van der Waals surface area contributed by atoms with Crippen LogP contribution in [0.3, 0.4) is 0 Å². The first kappa shape index (κ1) is 19.3. The van der Waals surface area contributed by atoms with Gasteiger partial charge in [-0.25, -0.2) is 4.98 Å². The van der Waals surface area contributed by atoms with E-state index in [1.54, 1.807) is 6.20 Å². The summed E-state index contributed by atoms with van der Waals surface area (Å²) in [6.07, 6.45) is 13.1. The molecule has 1 N–H and O–H groups in total. The minimum Gasteiger partial charge on any atom is -0.346 e. The van der Waals surface area contributed by atoms with E-state index in [0.717, 1.165) is 48.9 Å². The highest BCUT2D eigenvalue weighted by molar-refractivity contribution is 5.96. The number of H-pyrrole nitrogens is 1. The molecule has 5 heterocycles. The molecule has 6 heteroatoms. The number of carbonyl (C=O) groups excluding carboxylic acids is 1. The van der Waals surface area contributed by atoms with E-state index in [-0.39, 0.29) is 5.91 Å². The number of nitrogens with zero attached hydrogens (tertiary/aromatic N) is 4. The van der Waals surface area contributed by atoms with Crippen molar-refractivity contribution in [3.8, 4) is 0 Å². The van der Waals surface area contributed by atoms with Crippen molar-refractivity contribution in [2.24, 2.45) is 5.92 Å². The molecule has 162 valence electrons. The molecule has 4 aromatic rings. The number of pyridine rings is 1.